The van der Waals surface area contributed by atoms with Gasteiger partial charge in [0.05, 0.1) is 5.56 Å². The molecule has 1 aliphatic heterocycles. The number of ketones is 1. The molecule has 0 spiro atoms. The molecule has 0 bridgehead atoms. The van der Waals surface area contributed by atoms with Gasteiger partial charge in [0.25, 0.3) is 0 Å². The fourth-order valence-electron chi connectivity index (χ4n) is 3.43. The number of rotatable bonds is 12. The largest absolute Gasteiger partial charge is 0.489 e. The van der Waals surface area contributed by atoms with Crippen molar-refractivity contribution in [2.75, 3.05) is 19.6 Å². The van der Waals surface area contributed by atoms with Gasteiger partial charge in [-0.2, -0.15) is 0 Å². The molecule has 150 valence electrons. The summed E-state index contributed by atoms with van der Waals surface area (Å²) in [6.07, 6.45) is 7.13. The highest BCUT2D eigenvalue weighted by Crippen LogP contribution is 2.31. The van der Waals surface area contributed by atoms with Crippen LogP contribution in [0.4, 0.5) is 0 Å². The number of aryl methyl sites for hydroxylation is 1. The second kappa shape index (κ2) is 11.8. The molecule has 1 atom stereocenters. The lowest BCUT2D eigenvalue weighted by Gasteiger charge is -2.26. The maximum atomic E-state index is 12.3. The first kappa shape index (κ1) is 21.4. The molecule has 1 amide bonds. The van der Waals surface area contributed by atoms with Gasteiger partial charge in [-0.25, -0.2) is 0 Å². The van der Waals surface area contributed by atoms with E-state index in [4.69, 9.17) is 4.74 Å². The molecular formula is C22H34N2O3. The molecule has 5 heteroatoms. The third kappa shape index (κ3) is 7.33. The molecule has 1 aliphatic rings. The van der Waals surface area contributed by atoms with E-state index in [1.807, 2.05) is 25.1 Å². The lowest BCUT2D eigenvalue weighted by atomic mass is 9.95. The van der Waals surface area contributed by atoms with Crippen molar-refractivity contribution in [1.29, 1.82) is 0 Å². The maximum absolute atomic E-state index is 12.3. The van der Waals surface area contributed by atoms with Crippen molar-refractivity contribution in [2.45, 2.75) is 71.3 Å². The average molecular weight is 375 g/mol. The van der Waals surface area contributed by atoms with Gasteiger partial charge in [-0.3, -0.25) is 9.59 Å². The molecule has 2 rings (SSSR count). The van der Waals surface area contributed by atoms with E-state index in [0.29, 0.717) is 12.8 Å². The van der Waals surface area contributed by atoms with Crippen molar-refractivity contribution >= 4 is 11.7 Å². The van der Waals surface area contributed by atoms with E-state index in [1.165, 1.54) is 0 Å². The van der Waals surface area contributed by atoms with Crippen LogP contribution in [0.2, 0.25) is 0 Å². The van der Waals surface area contributed by atoms with Crippen LogP contribution in [0.1, 0.15) is 74.2 Å². The number of amides is 1. The van der Waals surface area contributed by atoms with Crippen LogP contribution >= 0.6 is 0 Å². The summed E-state index contributed by atoms with van der Waals surface area (Å²) in [6.45, 7) is 6.62. The van der Waals surface area contributed by atoms with Gasteiger partial charge >= 0.3 is 0 Å². The van der Waals surface area contributed by atoms with Gasteiger partial charge in [-0.05, 0) is 57.3 Å². The highest BCUT2D eigenvalue weighted by atomic mass is 16.5. The first-order valence-corrected chi connectivity index (χ1v) is 10.4. The number of benzene rings is 1. The molecule has 0 radical (unpaired) electrons. The number of hydrogen-bond acceptors (Lipinski definition) is 4. The lowest BCUT2D eigenvalue weighted by molar-refractivity contribution is -0.121. The number of unbranched alkanes of at least 4 members (excludes halogenated alkanes) is 2. The number of hydrogen-bond donors (Lipinski definition) is 2. The summed E-state index contributed by atoms with van der Waals surface area (Å²) in [4.78, 5) is 23.9. The topological polar surface area (TPSA) is 67.4 Å². The van der Waals surface area contributed by atoms with Crippen LogP contribution in [0.5, 0.6) is 5.75 Å². The third-order valence-corrected chi connectivity index (χ3v) is 4.96. The van der Waals surface area contributed by atoms with Crippen molar-refractivity contribution in [1.82, 2.24) is 10.6 Å². The molecule has 0 aliphatic carbocycles. The van der Waals surface area contributed by atoms with Crippen molar-refractivity contribution in [3.05, 3.63) is 29.3 Å². The van der Waals surface area contributed by atoms with Crippen LogP contribution in [0.15, 0.2) is 18.2 Å². The van der Waals surface area contributed by atoms with Gasteiger partial charge in [0.15, 0.2) is 5.78 Å². The molecule has 0 unspecified atom stereocenters. The molecule has 0 saturated heterocycles. The molecule has 0 fully saturated rings. The second-order valence-corrected chi connectivity index (χ2v) is 7.37. The Morgan fingerprint density at radius 2 is 1.96 bits per heavy atom. The van der Waals surface area contributed by atoms with E-state index in [2.05, 4.69) is 17.6 Å². The highest BCUT2D eigenvalue weighted by molar-refractivity contribution is 6.01. The van der Waals surface area contributed by atoms with E-state index in [1.54, 1.807) is 0 Å². The smallest absolute Gasteiger partial charge is 0.219 e. The monoisotopic (exact) mass is 374 g/mol. The normalized spacial score (nSPS) is 15.9. The van der Waals surface area contributed by atoms with Crippen LogP contribution in [-0.4, -0.2) is 37.4 Å². The summed E-state index contributed by atoms with van der Waals surface area (Å²) >= 11 is 0. The summed E-state index contributed by atoms with van der Waals surface area (Å²) in [5.41, 5.74) is 1.75. The fourth-order valence-corrected chi connectivity index (χ4v) is 3.43. The highest BCUT2D eigenvalue weighted by Gasteiger charge is 2.27. The van der Waals surface area contributed by atoms with Crippen LogP contribution < -0.4 is 15.4 Å². The van der Waals surface area contributed by atoms with Crippen molar-refractivity contribution in [2.24, 2.45) is 0 Å². The minimum absolute atomic E-state index is 0.0176. The Kier molecular flexibility index (Phi) is 9.32. The number of ether oxygens (including phenoxy) is 1. The van der Waals surface area contributed by atoms with E-state index in [0.717, 1.165) is 75.0 Å². The average Bonchev–Trinajstić information content (AvgIpc) is 2.64. The Labute approximate surface area is 163 Å². The fraction of sp³-hybridized carbons (Fsp3) is 0.636. The number of carbonyl (C=O) groups is 2. The van der Waals surface area contributed by atoms with Gasteiger partial charge in [0.1, 0.15) is 11.9 Å². The van der Waals surface area contributed by atoms with Crippen LogP contribution in [0.3, 0.4) is 0 Å². The Bertz CT molecular complexity index is 616. The van der Waals surface area contributed by atoms with Crippen molar-refractivity contribution < 1.29 is 14.3 Å². The maximum Gasteiger partial charge on any atom is 0.219 e. The summed E-state index contributed by atoms with van der Waals surface area (Å²) in [5, 5.41) is 6.37. The Balaban J connectivity index is 1.52. The number of fused-ring (bicyclic) bond motifs is 1. The van der Waals surface area contributed by atoms with Crippen molar-refractivity contribution in [3.63, 3.8) is 0 Å². The molecule has 0 saturated carbocycles. The molecule has 27 heavy (non-hydrogen) atoms. The van der Waals surface area contributed by atoms with Gasteiger partial charge in [0.2, 0.25) is 5.91 Å². The van der Waals surface area contributed by atoms with E-state index in [-0.39, 0.29) is 17.8 Å². The Morgan fingerprint density at radius 3 is 2.78 bits per heavy atom. The Hall–Kier alpha value is -1.88. The van der Waals surface area contributed by atoms with E-state index >= 15 is 0 Å². The Morgan fingerprint density at radius 1 is 1.15 bits per heavy atom. The van der Waals surface area contributed by atoms with E-state index in [9.17, 15) is 9.59 Å². The summed E-state index contributed by atoms with van der Waals surface area (Å²) in [5.74, 6) is 1.10. The molecule has 1 aromatic carbocycles. The molecule has 1 aromatic rings. The summed E-state index contributed by atoms with van der Waals surface area (Å²) in [6, 6.07) is 5.78. The molecule has 0 aromatic heterocycles. The van der Waals surface area contributed by atoms with Gasteiger partial charge in [-0.15, -0.1) is 0 Å². The predicted molar refractivity (Wildman–Crippen MR) is 108 cm³/mol. The molecule has 1 heterocycles. The minimum atomic E-state index is -0.0176. The molecule has 5 nitrogen and oxygen atoms in total. The zero-order chi connectivity index (χ0) is 19.5. The van der Waals surface area contributed by atoms with Gasteiger partial charge < -0.3 is 15.4 Å². The zero-order valence-electron chi connectivity index (χ0n) is 16.8. The molecular weight excluding hydrogens is 340 g/mol. The number of Topliss-reactive ketones (excluding diaryl/α,β-unsaturated/α-hetero) is 1. The van der Waals surface area contributed by atoms with Crippen LogP contribution in [0, 0.1) is 6.92 Å². The SMILES string of the molecule is CCCCCC(=O)NCCCNCCC[C@@H]1CC(=O)c2c(C)cccc2O1. The summed E-state index contributed by atoms with van der Waals surface area (Å²) < 4.78 is 6.00. The van der Waals surface area contributed by atoms with Crippen molar-refractivity contribution in [3.8, 4) is 5.75 Å². The van der Waals surface area contributed by atoms with Gasteiger partial charge in [0, 0.05) is 19.4 Å². The first-order valence-electron chi connectivity index (χ1n) is 10.4. The standard InChI is InChI=1S/C22H34N2O3/c1-3-4-5-12-21(26)24-15-8-14-23-13-7-10-18-16-19(25)22-17(2)9-6-11-20(22)27-18/h6,9,11,18,23H,3-5,7-8,10,12-16H2,1-2H3,(H,24,26)/t18-/m1/s1. The molecule has 2 N–H and O–H groups in total. The number of carbonyl (C=O) groups excluding carboxylic acids is 2. The minimum Gasteiger partial charge on any atom is -0.489 e. The van der Waals surface area contributed by atoms with Gasteiger partial charge in [-0.1, -0.05) is 31.9 Å². The summed E-state index contributed by atoms with van der Waals surface area (Å²) in [7, 11) is 0. The predicted octanol–water partition coefficient (Wildman–Crippen LogP) is 3.79. The third-order valence-electron chi connectivity index (χ3n) is 4.96. The van der Waals surface area contributed by atoms with Crippen LogP contribution in [0.25, 0.3) is 0 Å². The zero-order valence-corrected chi connectivity index (χ0v) is 16.8. The number of nitrogens with one attached hydrogen (secondary N) is 2. The lowest BCUT2D eigenvalue weighted by Crippen LogP contribution is -2.29. The second-order valence-electron chi connectivity index (χ2n) is 7.37. The van der Waals surface area contributed by atoms with E-state index < -0.39 is 0 Å². The first-order chi connectivity index (χ1) is 13.1. The van der Waals surface area contributed by atoms with Crippen LogP contribution in [-0.2, 0) is 4.79 Å². The quantitative estimate of drug-likeness (QED) is 0.546.